The standard InChI is InChI=1S/C11H11ClN4OS/c1-7-13-11(16-15-7)14-10(17)6-18-9-5-3-2-4-8(9)12/h2-5H,6H2,1H3,(H2,13,14,15,16,17). The number of H-pyrrole nitrogens is 1. The van der Waals surface area contributed by atoms with Gasteiger partial charge in [-0.3, -0.25) is 15.2 Å². The van der Waals surface area contributed by atoms with Crippen molar-refractivity contribution in [2.75, 3.05) is 11.1 Å². The highest BCUT2D eigenvalue weighted by molar-refractivity contribution is 8.00. The number of aromatic amines is 1. The van der Waals surface area contributed by atoms with Crippen LogP contribution in [-0.2, 0) is 4.79 Å². The van der Waals surface area contributed by atoms with Gasteiger partial charge in [0.25, 0.3) is 0 Å². The minimum absolute atomic E-state index is 0.168. The summed E-state index contributed by atoms with van der Waals surface area (Å²) in [7, 11) is 0. The minimum Gasteiger partial charge on any atom is -0.292 e. The predicted octanol–water partition coefficient (Wildman–Crippen LogP) is 2.50. The van der Waals surface area contributed by atoms with E-state index in [0.717, 1.165) is 4.90 Å². The zero-order chi connectivity index (χ0) is 13.0. The van der Waals surface area contributed by atoms with Crippen molar-refractivity contribution in [1.29, 1.82) is 0 Å². The summed E-state index contributed by atoms with van der Waals surface area (Å²) in [6.07, 6.45) is 0. The molecule has 1 aromatic heterocycles. The summed E-state index contributed by atoms with van der Waals surface area (Å²) in [6.45, 7) is 1.77. The Kier molecular flexibility index (Phi) is 4.22. The Hall–Kier alpha value is -1.53. The first-order chi connectivity index (χ1) is 8.65. The summed E-state index contributed by atoms with van der Waals surface area (Å²) in [4.78, 5) is 16.5. The first-order valence-electron chi connectivity index (χ1n) is 5.21. The number of hydrogen-bond donors (Lipinski definition) is 2. The molecule has 0 bridgehead atoms. The maximum absolute atomic E-state index is 11.6. The van der Waals surface area contributed by atoms with Crippen molar-refractivity contribution in [1.82, 2.24) is 15.2 Å². The molecule has 0 spiro atoms. The van der Waals surface area contributed by atoms with Gasteiger partial charge in [-0.2, -0.15) is 4.98 Å². The largest absolute Gasteiger partial charge is 0.292 e. The molecule has 0 fully saturated rings. The molecule has 0 aliphatic heterocycles. The van der Waals surface area contributed by atoms with Crippen LogP contribution < -0.4 is 5.32 Å². The molecule has 0 unspecified atom stereocenters. The number of halogens is 1. The SMILES string of the molecule is Cc1nc(NC(=O)CSc2ccccc2Cl)n[nH]1. The second-order valence-corrected chi connectivity index (χ2v) is 4.94. The van der Waals surface area contributed by atoms with Gasteiger partial charge in [-0.25, -0.2) is 0 Å². The topological polar surface area (TPSA) is 70.7 Å². The van der Waals surface area contributed by atoms with Crippen LogP contribution in [0.3, 0.4) is 0 Å². The van der Waals surface area contributed by atoms with Gasteiger partial charge in [0.05, 0.1) is 10.8 Å². The number of carbonyl (C=O) groups is 1. The third kappa shape index (κ3) is 3.48. The van der Waals surface area contributed by atoms with Crippen molar-refractivity contribution < 1.29 is 4.79 Å². The Labute approximate surface area is 113 Å². The number of rotatable bonds is 4. The van der Waals surface area contributed by atoms with Gasteiger partial charge in [0, 0.05) is 4.90 Å². The van der Waals surface area contributed by atoms with E-state index < -0.39 is 0 Å². The van der Waals surface area contributed by atoms with E-state index in [-0.39, 0.29) is 17.6 Å². The van der Waals surface area contributed by atoms with Gasteiger partial charge in [0.1, 0.15) is 5.82 Å². The van der Waals surface area contributed by atoms with Gasteiger partial charge in [-0.15, -0.1) is 16.9 Å². The normalized spacial score (nSPS) is 10.3. The average molecular weight is 283 g/mol. The van der Waals surface area contributed by atoms with E-state index in [1.807, 2.05) is 18.2 Å². The highest BCUT2D eigenvalue weighted by Gasteiger charge is 2.08. The summed E-state index contributed by atoms with van der Waals surface area (Å²) in [6, 6.07) is 7.39. The number of nitrogens with zero attached hydrogens (tertiary/aromatic N) is 2. The van der Waals surface area contributed by atoms with Gasteiger partial charge in [0.2, 0.25) is 11.9 Å². The molecule has 0 radical (unpaired) electrons. The molecule has 2 aromatic rings. The number of benzene rings is 1. The monoisotopic (exact) mass is 282 g/mol. The molecule has 0 aliphatic rings. The number of amides is 1. The lowest BCUT2D eigenvalue weighted by atomic mass is 10.4. The van der Waals surface area contributed by atoms with E-state index >= 15 is 0 Å². The van der Waals surface area contributed by atoms with Crippen LogP contribution >= 0.6 is 23.4 Å². The maximum atomic E-state index is 11.6. The molecule has 0 saturated carbocycles. The molecule has 1 heterocycles. The second-order valence-electron chi connectivity index (χ2n) is 3.51. The van der Waals surface area contributed by atoms with Crippen LogP contribution in [0.2, 0.25) is 5.02 Å². The van der Waals surface area contributed by atoms with E-state index in [9.17, 15) is 4.79 Å². The third-order valence-electron chi connectivity index (χ3n) is 2.04. The number of thioether (sulfide) groups is 1. The molecule has 94 valence electrons. The van der Waals surface area contributed by atoms with Gasteiger partial charge >= 0.3 is 0 Å². The molecule has 18 heavy (non-hydrogen) atoms. The van der Waals surface area contributed by atoms with Crippen LogP contribution in [0.25, 0.3) is 0 Å². The van der Waals surface area contributed by atoms with Gasteiger partial charge < -0.3 is 0 Å². The molecule has 2 rings (SSSR count). The lowest BCUT2D eigenvalue weighted by Gasteiger charge is -2.03. The molecule has 0 aliphatic carbocycles. The summed E-state index contributed by atoms with van der Waals surface area (Å²) in [5, 5.41) is 9.72. The zero-order valence-electron chi connectivity index (χ0n) is 9.61. The van der Waals surface area contributed by atoms with E-state index in [1.165, 1.54) is 11.8 Å². The number of nitrogens with one attached hydrogen (secondary N) is 2. The predicted molar refractivity (Wildman–Crippen MR) is 71.9 cm³/mol. The first kappa shape index (κ1) is 12.9. The Morgan fingerprint density at radius 3 is 2.94 bits per heavy atom. The Bertz CT molecular complexity index is 557. The fourth-order valence-corrected chi connectivity index (χ4v) is 2.30. The molecule has 0 saturated heterocycles. The molecule has 1 aromatic carbocycles. The van der Waals surface area contributed by atoms with Crippen LogP contribution in [-0.4, -0.2) is 26.8 Å². The Balaban J connectivity index is 1.87. The lowest BCUT2D eigenvalue weighted by Crippen LogP contribution is -2.15. The Morgan fingerprint density at radius 1 is 1.50 bits per heavy atom. The van der Waals surface area contributed by atoms with E-state index in [1.54, 1.807) is 13.0 Å². The number of carbonyl (C=O) groups excluding carboxylic acids is 1. The van der Waals surface area contributed by atoms with Gasteiger partial charge in [-0.05, 0) is 19.1 Å². The van der Waals surface area contributed by atoms with Crippen molar-refractivity contribution in [3.63, 3.8) is 0 Å². The fraction of sp³-hybridized carbons (Fsp3) is 0.182. The van der Waals surface area contributed by atoms with Crippen molar-refractivity contribution in [2.24, 2.45) is 0 Å². The molecule has 0 atom stereocenters. The van der Waals surface area contributed by atoms with Crippen LogP contribution in [0.15, 0.2) is 29.2 Å². The van der Waals surface area contributed by atoms with Crippen molar-refractivity contribution in [2.45, 2.75) is 11.8 Å². The van der Waals surface area contributed by atoms with Crippen LogP contribution in [0.5, 0.6) is 0 Å². The summed E-state index contributed by atoms with van der Waals surface area (Å²) >= 11 is 7.36. The fourth-order valence-electron chi connectivity index (χ4n) is 1.26. The molecule has 7 heteroatoms. The van der Waals surface area contributed by atoms with Gasteiger partial charge in [-0.1, -0.05) is 23.7 Å². The Morgan fingerprint density at radius 2 is 2.28 bits per heavy atom. The van der Waals surface area contributed by atoms with Crippen molar-refractivity contribution >= 4 is 35.2 Å². The zero-order valence-corrected chi connectivity index (χ0v) is 11.2. The maximum Gasteiger partial charge on any atom is 0.248 e. The highest BCUT2D eigenvalue weighted by Crippen LogP contribution is 2.26. The number of hydrogen-bond acceptors (Lipinski definition) is 4. The van der Waals surface area contributed by atoms with Crippen LogP contribution in [0.1, 0.15) is 5.82 Å². The highest BCUT2D eigenvalue weighted by atomic mass is 35.5. The second kappa shape index (κ2) is 5.88. The molecule has 2 N–H and O–H groups in total. The molecule has 5 nitrogen and oxygen atoms in total. The average Bonchev–Trinajstić information content (AvgIpc) is 2.74. The molecular weight excluding hydrogens is 272 g/mol. The number of aromatic nitrogens is 3. The number of aryl methyl sites for hydroxylation is 1. The molecular formula is C11H11ClN4OS. The quantitative estimate of drug-likeness (QED) is 0.845. The van der Waals surface area contributed by atoms with Crippen LogP contribution in [0, 0.1) is 6.92 Å². The smallest absolute Gasteiger partial charge is 0.248 e. The first-order valence-corrected chi connectivity index (χ1v) is 6.57. The van der Waals surface area contributed by atoms with E-state index in [4.69, 9.17) is 11.6 Å². The minimum atomic E-state index is -0.168. The van der Waals surface area contributed by atoms with E-state index in [2.05, 4.69) is 20.5 Å². The van der Waals surface area contributed by atoms with Crippen molar-refractivity contribution in [3.8, 4) is 0 Å². The summed E-state index contributed by atoms with van der Waals surface area (Å²) in [5.41, 5.74) is 0. The molecule has 1 amide bonds. The van der Waals surface area contributed by atoms with E-state index in [0.29, 0.717) is 10.8 Å². The van der Waals surface area contributed by atoms with Crippen LogP contribution in [0.4, 0.5) is 5.95 Å². The third-order valence-corrected chi connectivity index (χ3v) is 3.56. The van der Waals surface area contributed by atoms with Gasteiger partial charge in [0.15, 0.2) is 0 Å². The van der Waals surface area contributed by atoms with Crippen molar-refractivity contribution in [3.05, 3.63) is 35.1 Å². The lowest BCUT2D eigenvalue weighted by molar-refractivity contribution is -0.113. The summed E-state index contributed by atoms with van der Waals surface area (Å²) in [5.74, 6) is 1.04. The summed E-state index contributed by atoms with van der Waals surface area (Å²) < 4.78 is 0. The number of anilines is 1.